The van der Waals surface area contributed by atoms with Crippen LogP contribution in [-0.4, -0.2) is 17.8 Å². The minimum absolute atomic E-state index is 0.167. The van der Waals surface area contributed by atoms with Crippen LogP contribution in [0.1, 0.15) is 30.7 Å². The Balaban J connectivity index is 2.21. The minimum atomic E-state index is -0.631. The van der Waals surface area contributed by atoms with Crippen molar-refractivity contribution in [1.29, 1.82) is 0 Å². The summed E-state index contributed by atoms with van der Waals surface area (Å²) in [6.07, 6.45) is 2.39. The first-order valence-electron chi connectivity index (χ1n) is 5.96. The third-order valence-electron chi connectivity index (χ3n) is 3.66. The largest absolute Gasteiger partial charge is 0.392 e. The predicted molar refractivity (Wildman–Crippen MR) is 61.5 cm³/mol. The lowest BCUT2D eigenvalue weighted by Gasteiger charge is -2.35. The van der Waals surface area contributed by atoms with Crippen LogP contribution in [0.2, 0.25) is 0 Å². The Morgan fingerprint density at radius 3 is 2.53 bits per heavy atom. The van der Waals surface area contributed by atoms with Crippen molar-refractivity contribution in [2.24, 2.45) is 11.7 Å². The summed E-state index contributed by atoms with van der Waals surface area (Å²) in [6.45, 7) is 0.167. The molecule has 94 valence electrons. The highest BCUT2D eigenvalue weighted by Crippen LogP contribution is 2.36. The maximum Gasteiger partial charge on any atom is 0.129 e. The number of hydrogen-bond acceptors (Lipinski definition) is 2. The van der Waals surface area contributed by atoms with Crippen molar-refractivity contribution in [2.75, 3.05) is 6.54 Å². The van der Waals surface area contributed by atoms with Crippen molar-refractivity contribution in [2.45, 2.75) is 31.3 Å². The van der Waals surface area contributed by atoms with E-state index in [1.807, 2.05) is 0 Å². The molecule has 0 amide bonds. The van der Waals surface area contributed by atoms with Gasteiger partial charge in [0.2, 0.25) is 0 Å². The van der Waals surface area contributed by atoms with Gasteiger partial charge < -0.3 is 10.8 Å². The molecule has 17 heavy (non-hydrogen) atoms. The van der Waals surface area contributed by atoms with E-state index >= 15 is 0 Å². The summed E-state index contributed by atoms with van der Waals surface area (Å²) in [5, 5.41) is 10.1. The standard InChI is InChI=1S/C13H17F2NO/c14-9-4-5-10(12(15)6-9)11(7-16)13(17)8-2-1-3-8/h4-6,8,11,13,17H,1-3,7,16H2. The topological polar surface area (TPSA) is 46.2 Å². The number of halogens is 2. The van der Waals surface area contributed by atoms with Gasteiger partial charge in [0.25, 0.3) is 0 Å². The Labute approximate surface area is 99.4 Å². The molecule has 0 radical (unpaired) electrons. The molecule has 2 rings (SSSR count). The molecule has 3 N–H and O–H groups in total. The average molecular weight is 241 g/mol. The second-order valence-corrected chi connectivity index (χ2v) is 4.69. The van der Waals surface area contributed by atoms with Crippen molar-refractivity contribution >= 4 is 0 Å². The van der Waals surface area contributed by atoms with Crippen molar-refractivity contribution in [3.8, 4) is 0 Å². The average Bonchev–Trinajstić information content (AvgIpc) is 2.19. The normalized spacial score (nSPS) is 19.8. The summed E-state index contributed by atoms with van der Waals surface area (Å²) in [4.78, 5) is 0. The molecular formula is C13H17F2NO. The molecular weight excluding hydrogens is 224 g/mol. The number of hydrogen-bond donors (Lipinski definition) is 2. The molecule has 2 unspecified atom stereocenters. The Hall–Kier alpha value is -1.00. The molecule has 1 saturated carbocycles. The molecule has 0 bridgehead atoms. The molecule has 0 aliphatic heterocycles. The maximum atomic E-state index is 13.6. The molecule has 1 aliphatic carbocycles. The van der Waals surface area contributed by atoms with Gasteiger partial charge in [-0.25, -0.2) is 8.78 Å². The minimum Gasteiger partial charge on any atom is -0.392 e. The Bertz CT molecular complexity index is 393. The number of aliphatic hydroxyl groups is 1. The summed E-state index contributed by atoms with van der Waals surface area (Å²) in [7, 11) is 0. The van der Waals surface area contributed by atoms with E-state index in [4.69, 9.17) is 5.73 Å². The van der Waals surface area contributed by atoms with Gasteiger partial charge in [-0.1, -0.05) is 12.5 Å². The third kappa shape index (κ3) is 2.48. The van der Waals surface area contributed by atoms with Gasteiger partial charge in [-0.3, -0.25) is 0 Å². The van der Waals surface area contributed by atoms with Crippen LogP contribution in [0.5, 0.6) is 0 Å². The lowest BCUT2D eigenvalue weighted by atomic mass is 9.75. The van der Waals surface area contributed by atoms with E-state index in [1.54, 1.807) is 0 Å². The van der Waals surface area contributed by atoms with Gasteiger partial charge in [0.05, 0.1) is 6.10 Å². The van der Waals surface area contributed by atoms with Crippen molar-refractivity contribution in [3.63, 3.8) is 0 Å². The SMILES string of the molecule is NCC(c1ccc(F)cc1F)C(O)C1CCC1. The van der Waals surface area contributed by atoms with E-state index in [2.05, 4.69) is 0 Å². The summed E-state index contributed by atoms with van der Waals surface area (Å²) >= 11 is 0. The zero-order valence-electron chi connectivity index (χ0n) is 9.57. The number of benzene rings is 1. The molecule has 0 aromatic heterocycles. The zero-order chi connectivity index (χ0) is 12.4. The van der Waals surface area contributed by atoms with Gasteiger partial charge in [-0.05, 0) is 30.4 Å². The Morgan fingerprint density at radius 1 is 1.35 bits per heavy atom. The van der Waals surface area contributed by atoms with Gasteiger partial charge >= 0.3 is 0 Å². The Kier molecular flexibility index (Phi) is 3.74. The van der Waals surface area contributed by atoms with Crippen LogP contribution in [-0.2, 0) is 0 Å². The molecule has 0 saturated heterocycles. The van der Waals surface area contributed by atoms with E-state index in [-0.39, 0.29) is 12.5 Å². The second kappa shape index (κ2) is 5.10. The number of aliphatic hydroxyl groups excluding tert-OH is 1. The van der Waals surface area contributed by atoms with Crippen molar-refractivity contribution < 1.29 is 13.9 Å². The quantitative estimate of drug-likeness (QED) is 0.848. The zero-order valence-corrected chi connectivity index (χ0v) is 9.57. The molecule has 2 nitrogen and oxygen atoms in total. The number of nitrogens with two attached hydrogens (primary N) is 1. The molecule has 2 atom stereocenters. The molecule has 1 aromatic carbocycles. The molecule has 0 heterocycles. The van der Waals surface area contributed by atoms with Crippen molar-refractivity contribution in [3.05, 3.63) is 35.4 Å². The van der Waals surface area contributed by atoms with Crippen LogP contribution in [0.25, 0.3) is 0 Å². The van der Waals surface area contributed by atoms with Crippen LogP contribution >= 0.6 is 0 Å². The van der Waals surface area contributed by atoms with Gasteiger partial charge in [-0.2, -0.15) is 0 Å². The van der Waals surface area contributed by atoms with Gasteiger partial charge in [0.1, 0.15) is 11.6 Å². The molecule has 0 spiro atoms. The smallest absolute Gasteiger partial charge is 0.129 e. The maximum absolute atomic E-state index is 13.6. The fourth-order valence-electron chi connectivity index (χ4n) is 2.36. The monoisotopic (exact) mass is 241 g/mol. The van der Waals surface area contributed by atoms with E-state index in [1.165, 1.54) is 12.1 Å². The molecule has 1 aromatic rings. The predicted octanol–water partition coefficient (Wildman–Crippen LogP) is 2.17. The first-order valence-corrected chi connectivity index (χ1v) is 5.96. The lowest BCUT2D eigenvalue weighted by molar-refractivity contribution is 0.0411. The summed E-state index contributed by atoms with van der Waals surface area (Å²) in [5.41, 5.74) is 5.92. The third-order valence-corrected chi connectivity index (χ3v) is 3.66. The van der Waals surface area contributed by atoms with Crippen LogP contribution in [0, 0.1) is 17.6 Å². The highest BCUT2D eigenvalue weighted by Gasteiger charge is 2.33. The van der Waals surface area contributed by atoms with Crippen LogP contribution in [0.4, 0.5) is 8.78 Å². The summed E-state index contributed by atoms with van der Waals surface area (Å²) < 4.78 is 26.4. The van der Waals surface area contributed by atoms with Gasteiger partial charge in [0.15, 0.2) is 0 Å². The van der Waals surface area contributed by atoms with Crippen molar-refractivity contribution in [1.82, 2.24) is 0 Å². The highest BCUT2D eigenvalue weighted by atomic mass is 19.1. The fraction of sp³-hybridized carbons (Fsp3) is 0.538. The first-order chi connectivity index (χ1) is 8.13. The van der Waals surface area contributed by atoms with E-state index in [0.29, 0.717) is 5.56 Å². The van der Waals surface area contributed by atoms with Gasteiger partial charge in [-0.15, -0.1) is 0 Å². The van der Waals surface area contributed by atoms with Gasteiger partial charge in [0, 0.05) is 18.5 Å². The summed E-state index contributed by atoms with van der Waals surface area (Å²) in [5.74, 6) is -1.48. The van der Waals surface area contributed by atoms with E-state index in [9.17, 15) is 13.9 Å². The molecule has 1 fully saturated rings. The molecule has 4 heteroatoms. The Morgan fingerprint density at radius 2 is 2.06 bits per heavy atom. The number of rotatable bonds is 4. The van der Waals surface area contributed by atoms with Crippen LogP contribution in [0.15, 0.2) is 18.2 Å². The van der Waals surface area contributed by atoms with Crippen LogP contribution < -0.4 is 5.73 Å². The van der Waals surface area contributed by atoms with Crippen LogP contribution in [0.3, 0.4) is 0 Å². The summed E-state index contributed by atoms with van der Waals surface area (Å²) in [6, 6.07) is 3.42. The lowest BCUT2D eigenvalue weighted by Crippen LogP contribution is -2.36. The fourth-order valence-corrected chi connectivity index (χ4v) is 2.36. The second-order valence-electron chi connectivity index (χ2n) is 4.69. The van der Waals surface area contributed by atoms with E-state index < -0.39 is 23.7 Å². The molecule has 1 aliphatic rings. The highest BCUT2D eigenvalue weighted by molar-refractivity contribution is 5.24. The van der Waals surface area contributed by atoms with E-state index in [0.717, 1.165) is 25.3 Å². The first kappa shape index (κ1) is 12.5.